The Bertz CT molecular complexity index is 1490. The molecule has 2 aromatic rings. The lowest BCUT2D eigenvalue weighted by Gasteiger charge is -2.44. The van der Waals surface area contributed by atoms with E-state index in [9.17, 15) is 44.3 Å². The van der Waals surface area contributed by atoms with Gasteiger partial charge in [0.15, 0.2) is 9.84 Å². The van der Waals surface area contributed by atoms with E-state index >= 15 is 0 Å². The van der Waals surface area contributed by atoms with Crippen LogP contribution in [-0.2, 0) is 38.2 Å². The Balaban J connectivity index is 1.91. The zero-order valence-electron chi connectivity index (χ0n) is 24.3. The Hall–Kier alpha value is -3.49. The van der Waals surface area contributed by atoms with Gasteiger partial charge in [-0.15, -0.1) is 0 Å². The highest BCUT2D eigenvalue weighted by Crippen LogP contribution is 2.49. The van der Waals surface area contributed by atoms with Gasteiger partial charge in [0.25, 0.3) is 0 Å². The molecule has 1 aliphatic carbocycles. The monoisotopic (exact) mass is 650 g/mol. The standard InChI is InChI=1S/C29H32F6N2O6S/c1-5-44(40,41)21-8-9-23-22(13-21)25(14-24(18-6-7-18)37(23)27(39)43-16(2)3)36(26(38)42-4)15-17-10-19(28(30,31)32)12-20(11-17)29(33,34)35/h8-13,16,18,24-25H,5-7,14-15H2,1-4H3/t24-,25-/m1/s1. The van der Waals surface area contributed by atoms with Crippen LogP contribution < -0.4 is 4.90 Å². The van der Waals surface area contributed by atoms with Crippen LogP contribution in [0.25, 0.3) is 0 Å². The number of hydrogen-bond acceptors (Lipinski definition) is 6. The SMILES string of the molecule is CCS(=O)(=O)c1ccc2c(c1)[C@H](N(Cc1cc(C(F)(F)F)cc(C(F)(F)F)c1)C(=O)OC)C[C@H](C1CC1)N2C(=O)OC(C)C. The van der Waals surface area contributed by atoms with E-state index in [2.05, 4.69) is 0 Å². The van der Waals surface area contributed by atoms with Gasteiger partial charge in [-0.2, -0.15) is 26.3 Å². The summed E-state index contributed by atoms with van der Waals surface area (Å²) >= 11 is 0. The summed E-state index contributed by atoms with van der Waals surface area (Å²) in [5.41, 5.74) is -3.20. The molecule has 0 aromatic heterocycles. The van der Waals surface area contributed by atoms with Gasteiger partial charge in [0.2, 0.25) is 0 Å². The molecule has 8 nitrogen and oxygen atoms in total. The Morgan fingerprint density at radius 3 is 2.07 bits per heavy atom. The third kappa shape index (κ3) is 7.08. The number of benzene rings is 2. The first-order chi connectivity index (χ1) is 20.4. The van der Waals surface area contributed by atoms with Crippen LogP contribution in [0.15, 0.2) is 41.3 Å². The molecule has 1 fully saturated rings. The predicted molar refractivity (Wildman–Crippen MR) is 147 cm³/mol. The van der Waals surface area contributed by atoms with E-state index in [4.69, 9.17) is 9.47 Å². The quantitative estimate of drug-likeness (QED) is 0.291. The smallest absolute Gasteiger partial charge is 0.416 e. The molecule has 1 heterocycles. The van der Waals surface area contributed by atoms with Crippen molar-refractivity contribution in [2.75, 3.05) is 17.8 Å². The minimum Gasteiger partial charge on any atom is -0.453 e. The summed E-state index contributed by atoms with van der Waals surface area (Å²) in [6.07, 6.45) is -11.0. The van der Waals surface area contributed by atoms with Crippen molar-refractivity contribution in [1.82, 2.24) is 4.90 Å². The van der Waals surface area contributed by atoms with Gasteiger partial charge in [0.1, 0.15) is 0 Å². The number of ether oxygens (including phenoxy) is 2. The third-order valence-electron chi connectivity index (χ3n) is 7.64. The first kappa shape index (κ1) is 33.4. The van der Waals surface area contributed by atoms with Crippen molar-refractivity contribution in [1.29, 1.82) is 0 Å². The first-order valence-corrected chi connectivity index (χ1v) is 15.5. The number of carbonyl (C=O) groups is 2. The van der Waals surface area contributed by atoms with Crippen LogP contribution >= 0.6 is 0 Å². The minimum absolute atomic E-state index is 0.000672. The van der Waals surface area contributed by atoms with Gasteiger partial charge >= 0.3 is 24.5 Å². The molecule has 2 atom stereocenters. The molecule has 2 aromatic carbocycles. The Morgan fingerprint density at radius 1 is 1.00 bits per heavy atom. The van der Waals surface area contributed by atoms with Gasteiger partial charge in [-0.1, -0.05) is 6.92 Å². The maximum absolute atomic E-state index is 13.6. The highest BCUT2D eigenvalue weighted by atomic mass is 32.2. The van der Waals surface area contributed by atoms with Crippen molar-refractivity contribution in [3.8, 4) is 0 Å². The predicted octanol–water partition coefficient (Wildman–Crippen LogP) is 7.36. The number of hydrogen-bond donors (Lipinski definition) is 0. The number of anilines is 1. The molecule has 2 amide bonds. The average Bonchev–Trinajstić information content (AvgIpc) is 3.78. The maximum Gasteiger partial charge on any atom is 0.416 e. The molecular weight excluding hydrogens is 618 g/mol. The second-order valence-corrected chi connectivity index (χ2v) is 13.4. The van der Waals surface area contributed by atoms with Gasteiger partial charge in [-0.3, -0.25) is 9.80 Å². The lowest BCUT2D eigenvalue weighted by atomic mass is 9.87. The number of sulfone groups is 1. The summed E-state index contributed by atoms with van der Waals surface area (Å²) in [5.74, 6) is -0.305. The molecule has 0 N–H and O–H groups in total. The second-order valence-electron chi connectivity index (χ2n) is 11.1. The topological polar surface area (TPSA) is 93.2 Å². The van der Waals surface area contributed by atoms with Gasteiger partial charge < -0.3 is 9.47 Å². The van der Waals surface area contributed by atoms with Crippen molar-refractivity contribution in [3.05, 3.63) is 58.7 Å². The molecule has 0 unspecified atom stereocenters. The molecule has 0 spiro atoms. The van der Waals surface area contributed by atoms with Crippen molar-refractivity contribution in [2.24, 2.45) is 5.92 Å². The number of alkyl halides is 6. The molecule has 0 radical (unpaired) electrons. The zero-order chi connectivity index (χ0) is 32.8. The van der Waals surface area contributed by atoms with Crippen molar-refractivity contribution in [2.45, 2.75) is 82.0 Å². The Morgan fingerprint density at radius 2 is 1.59 bits per heavy atom. The summed E-state index contributed by atoms with van der Waals surface area (Å²) < 4.78 is 118. The van der Waals surface area contributed by atoms with Gasteiger partial charge in [0, 0.05) is 18.2 Å². The lowest BCUT2D eigenvalue weighted by molar-refractivity contribution is -0.143. The van der Waals surface area contributed by atoms with Crippen LogP contribution in [0.3, 0.4) is 0 Å². The highest BCUT2D eigenvalue weighted by molar-refractivity contribution is 7.91. The summed E-state index contributed by atoms with van der Waals surface area (Å²) in [4.78, 5) is 28.8. The number of carbonyl (C=O) groups excluding carboxylic acids is 2. The summed E-state index contributed by atoms with van der Waals surface area (Å²) in [7, 11) is -2.79. The normalized spacial score (nSPS) is 19.0. The number of fused-ring (bicyclic) bond motifs is 1. The van der Waals surface area contributed by atoms with Gasteiger partial charge in [-0.05, 0) is 81.0 Å². The van der Waals surface area contributed by atoms with Crippen LogP contribution in [0.4, 0.5) is 41.6 Å². The van der Waals surface area contributed by atoms with E-state index in [1.54, 1.807) is 13.8 Å². The summed E-state index contributed by atoms with van der Waals surface area (Å²) in [6, 6.07) is 3.39. The van der Waals surface area contributed by atoms with E-state index in [1.807, 2.05) is 0 Å². The molecule has 242 valence electrons. The van der Waals surface area contributed by atoms with Crippen LogP contribution in [0.1, 0.15) is 68.3 Å². The maximum atomic E-state index is 13.6. The number of rotatable bonds is 7. The molecule has 15 heteroatoms. The van der Waals surface area contributed by atoms with Gasteiger partial charge in [-0.25, -0.2) is 18.0 Å². The molecule has 1 aliphatic heterocycles. The van der Waals surface area contributed by atoms with Gasteiger partial charge in [0.05, 0.1) is 46.7 Å². The zero-order valence-corrected chi connectivity index (χ0v) is 25.1. The fourth-order valence-corrected chi connectivity index (χ4v) is 6.33. The van der Waals surface area contributed by atoms with E-state index in [0.717, 1.165) is 24.9 Å². The Kier molecular flexibility index (Phi) is 9.21. The molecule has 44 heavy (non-hydrogen) atoms. The molecular formula is C29H32F6N2O6S. The van der Waals surface area contributed by atoms with E-state index < -0.39 is 75.8 Å². The first-order valence-electron chi connectivity index (χ1n) is 13.9. The molecule has 1 saturated carbocycles. The van der Waals surface area contributed by atoms with Crippen LogP contribution in [0, 0.1) is 5.92 Å². The van der Waals surface area contributed by atoms with Crippen molar-refractivity contribution in [3.63, 3.8) is 0 Å². The van der Waals surface area contributed by atoms with E-state index in [0.29, 0.717) is 12.1 Å². The third-order valence-corrected chi connectivity index (χ3v) is 9.37. The summed E-state index contributed by atoms with van der Waals surface area (Å²) in [5, 5.41) is 0. The van der Waals surface area contributed by atoms with Crippen LogP contribution in [-0.4, -0.2) is 50.5 Å². The fraction of sp³-hybridized carbons (Fsp3) is 0.517. The van der Waals surface area contributed by atoms with Crippen molar-refractivity contribution < 1.29 is 53.8 Å². The largest absolute Gasteiger partial charge is 0.453 e. The number of methoxy groups -OCH3 is 1. The lowest BCUT2D eigenvalue weighted by Crippen LogP contribution is -2.50. The summed E-state index contributed by atoms with van der Waals surface area (Å²) in [6.45, 7) is 3.99. The number of amides is 2. The Labute approximate surface area is 250 Å². The van der Waals surface area contributed by atoms with Crippen molar-refractivity contribution >= 4 is 27.7 Å². The minimum atomic E-state index is -5.11. The number of nitrogens with zero attached hydrogens (tertiary/aromatic N) is 2. The van der Waals surface area contributed by atoms with Crippen LogP contribution in [0.5, 0.6) is 0 Å². The molecule has 2 aliphatic rings. The highest BCUT2D eigenvalue weighted by Gasteiger charge is 2.47. The molecule has 0 bridgehead atoms. The second kappa shape index (κ2) is 12.1. The fourth-order valence-electron chi connectivity index (χ4n) is 5.42. The molecule has 4 rings (SSSR count). The molecule has 0 saturated heterocycles. The average molecular weight is 651 g/mol. The number of halogens is 6. The van der Waals surface area contributed by atoms with E-state index in [-0.39, 0.29) is 40.3 Å². The van der Waals surface area contributed by atoms with E-state index in [1.165, 1.54) is 30.0 Å². The van der Waals surface area contributed by atoms with Crippen LogP contribution in [0.2, 0.25) is 0 Å².